The number of aliphatic carboxylic acids is 1. The first-order valence-corrected chi connectivity index (χ1v) is 6.38. The number of carboxylic acids is 1. The van der Waals surface area contributed by atoms with Crippen LogP contribution in [0.1, 0.15) is 33.1 Å². The number of urea groups is 1. The van der Waals surface area contributed by atoms with E-state index in [0.717, 1.165) is 12.8 Å². The maximum absolute atomic E-state index is 11.8. The second-order valence-corrected chi connectivity index (χ2v) is 5.77. The molecule has 0 heterocycles. The topological polar surface area (TPSA) is 78.4 Å². The van der Waals surface area contributed by atoms with Crippen molar-refractivity contribution in [3.05, 3.63) is 12.2 Å². The number of rotatable bonds is 4. The summed E-state index contributed by atoms with van der Waals surface area (Å²) in [5, 5.41) is 14.6. The number of hydrogen-bond acceptors (Lipinski definition) is 2. The van der Waals surface area contributed by atoms with E-state index in [4.69, 9.17) is 5.11 Å². The van der Waals surface area contributed by atoms with Gasteiger partial charge in [0.25, 0.3) is 0 Å². The molecular formula is C13H20N2O3. The third-order valence-electron chi connectivity index (χ3n) is 3.75. The highest BCUT2D eigenvalue weighted by Crippen LogP contribution is 2.39. The van der Waals surface area contributed by atoms with Crippen molar-refractivity contribution in [1.29, 1.82) is 0 Å². The monoisotopic (exact) mass is 252 g/mol. The minimum atomic E-state index is -0.839. The summed E-state index contributed by atoms with van der Waals surface area (Å²) < 4.78 is 0. The van der Waals surface area contributed by atoms with Gasteiger partial charge in [0, 0.05) is 5.54 Å². The van der Waals surface area contributed by atoms with E-state index in [1.807, 2.05) is 13.8 Å². The van der Waals surface area contributed by atoms with Gasteiger partial charge in [-0.15, -0.1) is 0 Å². The fourth-order valence-electron chi connectivity index (χ4n) is 2.39. The fourth-order valence-corrected chi connectivity index (χ4v) is 2.39. The molecule has 5 nitrogen and oxygen atoms in total. The van der Waals surface area contributed by atoms with Crippen LogP contribution in [0, 0.1) is 11.8 Å². The second kappa shape index (κ2) is 4.63. The number of hydrogen-bond donors (Lipinski definition) is 3. The molecule has 2 aliphatic rings. The zero-order valence-electron chi connectivity index (χ0n) is 10.8. The van der Waals surface area contributed by atoms with Gasteiger partial charge in [0.05, 0.1) is 12.0 Å². The largest absolute Gasteiger partial charge is 0.481 e. The average Bonchev–Trinajstić information content (AvgIpc) is 3.00. The summed E-state index contributed by atoms with van der Waals surface area (Å²) in [6.07, 6.45) is 6.16. The molecule has 2 rings (SSSR count). The van der Waals surface area contributed by atoms with E-state index in [2.05, 4.69) is 10.6 Å². The Morgan fingerprint density at radius 1 is 1.28 bits per heavy atom. The molecule has 5 heteroatoms. The van der Waals surface area contributed by atoms with Gasteiger partial charge in [-0.25, -0.2) is 4.79 Å². The van der Waals surface area contributed by atoms with Crippen LogP contribution < -0.4 is 10.6 Å². The molecule has 0 bridgehead atoms. The Morgan fingerprint density at radius 2 is 1.94 bits per heavy atom. The van der Waals surface area contributed by atoms with E-state index in [0.29, 0.717) is 12.3 Å². The first-order valence-electron chi connectivity index (χ1n) is 6.38. The Balaban J connectivity index is 1.79. The van der Waals surface area contributed by atoms with Crippen molar-refractivity contribution in [2.75, 3.05) is 0 Å². The summed E-state index contributed by atoms with van der Waals surface area (Å²) in [6.45, 7) is 4.05. The number of carbonyl (C=O) groups excluding carboxylic acids is 1. The molecule has 2 unspecified atom stereocenters. The predicted octanol–water partition coefficient (Wildman–Crippen LogP) is 1.50. The standard InChI is InChI=1S/C13H20N2O3/c1-13(2,9-4-5-9)15-12(18)14-10-6-3-8(7-10)11(16)17/h3,6,8-10H,4-5,7H2,1-2H3,(H,16,17)(H2,14,15,18). The molecule has 1 saturated carbocycles. The molecule has 3 N–H and O–H groups in total. The Morgan fingerprint density at radius 3 is 2.44 bits per heavy atom. The smallest absolute Gasteiger partial charge is 0.315 e. The van der Waals surface area contributed by atoms with Crippen molar-refractivity contribution < 1.29 is 14.7 Å². The third-order valence-corrected chi connectivity index (χ3v) is 3.75. The molecule has 0 aromatic carbocycles. The van der Waals surface area contributed by atoms with Gasteiger partial charge < -0.3 is 15.7 Å². The van der Waals surface area contributed by atoms with Crippen LogP contribution in [-0.2, 0) is 4.79 Å². The lowest BCUT2D eigenvalue weighted by Crippen LogP contribution is -2.51. The molecule has 0 radical (unpaired) electrons. The van der Waals surface area contributed by atoms with Crippen LogP contribution in [0.2, 0.25) is 0 Å². The average molecular weight is 252 g/mol. The second-order valence-electron chi connectivity index (χ2n) is 5.77. The van der Waals surface area contributed by atoms with Gasteiger partial charge >= 0.3 is 12.0 Å². The van der Waals surface area contributed by atoms with Gasteiger partial charge in [-0.3, -0.25) is 4.79 Å². The van der Waals surface area contributed by atoms with Crippen LogP contribution >= 0.6 is 0 Å². The fraction of sp³-hybridized carbons (Fsp3) is 0.692. The number of nitrogens with one attached hydrogen (secondary N) is 2. The van der Waals surface area contributed by atoms with Gasteiger partial charge in [-0.05, 0) is 39.0 Å². The molecule has 0 aromatic heterocycles. The van der Waals surface area contributed by atoms with Crippen LogP contribution in [0.4, 0.5) is 4.79 Å². The predicted molar refractivity (Wildman–Crippen MR) is 67.1 cm³/mol. The summed E-state index contributed by atoms with van der Waals surface area (Å²) in [6, 6.07) is -0.395. The van der Waals surface area contributed by atoms with Crippen molar-refractivity contribution in [2.24, 2.45) is 11.8 Å². The normalized spacial score (nSPS) is 27.0. The molecule has 0 saturated heterocycles. The molecule has 0 aliphatic heterocycles. The number of carboxylic acid groups (broad SMARTS) is 1. The zero-order chi connectivity index (χ0) is 13.3. The molecule has 2 amide bonds. The highest BCUT2D eigenvalue weighted by Gasteiger charge is 2.39. The first-order chi connectivity index (χ1) is 8.38. The van der Waals surface area contributed by atoms with Gasteiger partial charge in [0.2, 0.25) is 0 Å². The van der Waals surface area contributed by atoms with Crippen LogP contribution in [0.5, 0.6) is 0 Å². The summed E-state index contributed by atoms with van der Waals surface area (Å²) in [5.74, 6) is -0.754. The van der Waals surface area contributed by atoms with Gasteiger partial charge in [-0.1, -0.05) is 12.2 Å². The van der Waals surface area contributed by atoms with Crippen LogP contribution in [-0.4, -0.2) is 28.7 Å². The summed E-state index contributed by atoms with van der Waals surface area (Å²) in [4.78, 5) is 22.6. The van der Waals surface area contributed by atoms with E-state index in [-0.39, 0.29) is 17.6 Å². The third kappa shape index (κ3) is 3.03. The van der Waals surface area contributed by atoms with E-state index in [1.54, 1.807) is 12.2 Å². The van der Waals surface area contributed by atoms with Gasteiger partial charge in [0.1, 0.15) is 0 Å². The summed E-state index contributed by atoms with van der Waals surface area (Å²) >= 11 is 0. The molecule has 2 atom stereocenters. The van der Waals surface area contributed by atoms with Crippen molar-refractivity contribution in [1.82, 2.24) is 10.6 Å². The Hall–Kier alpha value is -1.52. The zero-order valence-corrected chi connectivity index (χ0v) is 10.8. The minimum Gasteiger partial charge on any atom is -0.481 e. The lowest BCUT2D eigenvalue weighted by Gasteiger charge is -2.27. The van der Waals surface area contributed by atoms with Gasteiger partial charge in [0.15, 0.2) is 0 Å². The van der Waals surface area contributed by atoms with E-state index in [9.17, 15) is 9.59 Å². The summed E-state index contributed by atoms with van der Waals surface area (Å²) in [5.41, 5.74) is -0.182. The molecule has 0 aromatic rings. The quantitative estimate of drug-likeness (QED) is 0.663. The van der Waals surface area contributed by atoms with Crippen molar-refractivity contribution in [3.63, 3.8) is 0 Å². The number of carbonyl (C=O) groups is 2. The van der Waals surface area contributed by atoms with Crippen LogP contribution in [0.3, 0.4) is 0 Å². The molecule has 1 fully saturated rings. The van der Waals surface area contributed by atoms with Gasteiger partial charge in [-0.2, -0.15) is 0 Å². The highest BCUT2D eigenvalue weighted by molar-refractivity contribution is 5.77. The van der Waals surface area contributed by atoms with Crippen molar-refractivity contribution in [3.8, 4) is 0 Å². The van der Waals surface area contributed by atoms with Crippen molar-refractivity contribution >= 4 is 12.0 Å². The highest BCUT2D eigenvalue weighted by atomic mass is 16.4. The molecule has 100 valence electrons. The van der Waals surface area contributed by atoms with E-state index in [1.165, 1.54) is 0 Å². The maximum Gasteiger partial charge on any atom is 0.315 e. The molecule has 2 aliphatic carbocycles. The van der Waals surface area contributed by atoms with Crippen LogP contribution in [0.25, 0.3) is 0 Å². The Kier molecular flexibility index (Phi) is 3.32. The number of amides is 2. The summed E-state index contributed by atoms with van der Waals surface area (Å²) in [7, 11) is 0. The molecular weight excluding hydrogens is 232 g/mol. The first kappa shape index (κ1) is 12.9. The lowest BCUT2D eigenvalue weighted by molar-refractivity contribution is -0.140. The van der Waals surface area contributed by atoms with Crippen molar-refractivity contribution in [2.45, 2.75) is 44.7 Å². The van der Waals surface area contributed by atoms with Crippen LogP contribution in [0.15, 0.2) is 12.2 Å². The van der Waals surface area contributed by atoms with E-state index >= 15 is 0 Å². The maximum atomic E-state index is 11.8. The Bertz CT molecular complexity index is 386. The minimum absolute atomic E-state index is 0.180. The SMILES string of the molecule is CC(C)(NC(=O)NC1C=CC(C(=O)O)C1)C1CC1. The molecule has 0 spiro atoms. The molecule has 18 heavy (non-hydrogen) atoms. The lowest BCUT2D eigenvalue weighted by atomic mass is 9.99. The Labute approximate surface area is 107 Å². The van der Waals surface area contributed by atoms with E-state index < -0.39 is 11.9 Å².